The summed E-state index contributed by atoms with van der Waals surface area (Å²) < 4.78 is 15.9. The third-order valence-electron chi connectivity index (χ3n) is 5.67. The number of carbonyl (C=O) groups excluding carboxylic acids is 2. The summed E-state index contributed by atoms with van der Waals surface area (Å²) in [5.41, 5.74) is 1.59. The van der Waals surface area contributed by atoms with Gasteiger partial charge in [-0.1, -0.05) is 12.1 Å². The molecule has 34 heavy (non-hydrogen) atoms. The number of hydrogen-bond donors (Lipinski definition) is 1. The van der Waals surface area contributed by atoms with E-state index in [-0.39, 0.29) is 11.3 Å². The van der Waals surface area contributed by atoms with Crippen molar-refractivity contribution in [3.63, 3.8) is 0 Å². The minimum atomic E-state index is -0.828. The molecule has 1 aliphatic heterocycles. The molecule has 1 unspecified atom stereocenters. The van der Waals surface area contributed by atoms with E-state index in [2.05, 4.69) is 0 Å². The van der Waals surface area contributed by atoms with E-state index in [4.69, 9.17) is 14.2 Å². The Kier molecular flexibility index (Phi) is 6.54. The molecular weight excluding hydrogens is 434 g/mol. The highest BCUT2D eigenvalue weighted by molar-refractivity contribution is 6.51. The van der Waals surface area contributed by atoms with Gasteiger partial charge in [-0.2, -0.15) is 0 Å². The number of benzene rings is 3. The summed E-state index contributed by atoms with van der Waals surface area (Å²) in [7, 11) is 3.11. The second kappa shape index (κ2) is 9.70. The van der Waals surface area contributed by atoms with E-state index < -0.39 is 17.7 Å². The number of rotatable bonds is 7. The number of carbonyl (C=O) groups is 2. The molecule has 0 radical (unpaired) electrons. The van der Waals surface area contributed by atoms with Crippen molar-refractivity contribution in [1.29, 1.82) is 0 Å². The molecule has 7 nitrogen and oxygen atoms in total. The first-order valence-electron chi connectivity index (χ1n) is 10.8. The lowest BCUT2D eigenvalue weighted by Crippen LogP contribution is -2.29. The normalized spacial score (nSPS) is 17.0. The zero-order valence-electron chi connectivity index (χ0n) is 19.1. The van der Waals surface area contributed by atoms with Gasteiger partial charge in [-0.25, -0.2) is 0 Å². The number of nitrogens with zero attached hydrogens (tertiary/aromatic N) is 1. The fourth-order valence-electron chi connectivity index (χ4n) is 3.97. The van der Waals surface area contributed by atoms with Crippen molar-refractivity contribution in [3.8, 4) is 17.2 Å². The zero-order chi connectivity index (χ0) is 24.2. The van der Waals surface area contributed by atoms with Crippen LogP contribution in [0.15, 0.2) is 78.4 Å². The van der Waals surface area contributed by atoms with Crippen molar-refractivity contribution < 1.29 is 28.9 Å². The van der Waals surface area contributed by atoms with E-state index in [9.17, 15) is 14.7 Å². The molecule has 1 N–H and O–H groups in total. The monoisotopic (exact) mass is 459 g/mol. The Labute approximate surface area is 197 Å². The van der Waals surface area contributed by atoms with E-state index in [0.717, 1.165) is 0 Å². The van der Waals surface area contributed by atoms with Gasteiger partial charge in [0.15, 0.2) is 0 Å². The van der Waals surface area contributed by atoms with E-state index in [1.807, 2.05) is 6.92 Å². The molecule has 3 aromatic carbocycles. The van der Waals surface area contributed by atoms with Crippen LogP contribution < -0.4 is 19.1 Å². The van der Waals surface area contributed by atoms with Gasteiger partial charge >= 0.3 is 0 Å². The smallest absolute Gasteiger partial charge is 0.300 e. The van der Waals surface area contributed by atoms with Crippen LogP contribution in [0.2, 0.25) is 0 Å². The molecule has 0 bridgehead atoms. The molecule has 7 heteroatoms. The Morgan fingerprint density at radius 1 is 0.824 bits per heavy atom. The van der Waals surface area contributed by atoms with E-state index >= 15 is 0 Å². The fraction of sp³-hybridized carbons (Fsp3) is 0.185. The highest BCUT2D eigenvalue weighted by Crippen LogP contribution is 2.42. The molecule has 0 saturated carbocycles. The minimum absolute atomic E-state index is 0.00939. The maximum atomic E-state index is 13.2. The van der Waals surface area contributed by atoms with Gasteiger partial charge in [-0.15, -0.1) is 0 Å². The molecule has 3 aromatic rings. The molecule has 0 aromatic heterocycles. The van der Waals surface area contributed by atoms with Crippen molar-refractivity contribution in [2.75, 3.05) is 25.7 Å². The van der Waals surface area contributed by atoms with Crippen LogP contribution in [0.5, 0.6) is 17.2 Å². The molecule has 1 saturated heterocycles. The van der Waals surface area contributed by atoms with Crippen LogP contribution in [0.1, 0.15) is 24.1 Å². The molecule has 0 aliphatic carbocycles. The summed E-state index contributed by atoms with van der Waals surface area (Å²) in [6.45, 7) is 2.39. The van der Waals surface area contributed by atoms with Gasteiger partial charge in [0.1, 0.15) is 23.0 Å². The van der Waals surface area contributed by atoms with Crippen molar-refractivity contribution in [2.45, 2.75) is 13.0 Å². The van der Waals surface area contributed by atoms with Gasteiger partial charge in [0.25, 0.3) is 11.7 Å². The fourth-order valence-corrected chi connectivity index (χ4v) is 3.97. The van der Waals surface area contributed by atoms with Crippen molar-refractivity contribution >= 4 is 23.1 Å². The number of aliphatic hydroxyl groups excluding tert-OH is 1. The van der Waals surface area contributed by atoms with Crippen LogP contribution >= 0.6 is 0 Å². The first-order valence-corrected chi connectivity index (χ1v) is 10.8. The molecule has 1 heterocycles. The summed E-state index contributed by atoms with van der Waals surface area (Å²) in [5.74, 6) is 0.163. The predicted molar refractivity (Wildman–Crippen MR) is 128 cm³/mol. The van der Waals surface area contributed by atoms with Crippen molar-refractivity contribution in [2.24, 2.45) is 0 Å². The molecule has 1 aliphatic rings. The maximum Gasteiger partial charge on any atom is 0.300 e. The van der Waals surface area contributed by atoms with Gasteiger partial charge in [0, 0.05) is 11.3 Å². The summed E-state index contributed by atoms with van der Waals surface area (Å²) in [6.07, 6.45) is 0. The summed E-state index contributed by atoms with van der Waals surface area (Å²) >= 11 is 0. The predicted octanol–water partition coefficient (Wildman–Crippen LogP) is 4.73. The average molecular weight is 459 g/mol. The molecule has 4 rings (SSSR count). The third-order valence-corrected chi connectivity index (χ3v) is 5.67. The molecule has 0 spiro atoms. The molecular formula is C27H25NO6. The van der Waals surface area contributed by atoms with Crippen LogP contribution in [0.4, 0.5) is 5.69 Å². The van der Waals surface area contributed by atoms with Crippen molar-refractivity contribution in [3.05, 3.63) is 89.5 Å². The highest BCUT2D eigenvalue weighted by Gasteiger charge is 2.47. The Balaban J connectivity index is 1.86. The Hall–Kier alpha value is -4.26. The summed E-state index contributed by atoms with van der Waals surface area (Å²) in [4.78, 5) is 27.8. The van der Waals surface area contributed by atoms with E-state index in [1.54, 1.807) is 87.0 Å². The van der Waals surface area contributed by atoms with Gasteiger partial charge in [-0.3, -0.25) is 14.5 Å². The Morgan fingerprint density at radius 2 is 1.35 bits per heavy atom. The lowest BCUT2D eigenvalue weighted by molar-refractivity contribution is -0.132. The number of aliphatic hydroxyl groups is 1. The number of ether oxygens (including phenoxy) is 3. The average Bonchev–Trinajstić information content (AvgIpc) is 3.14. The Bertz CT molecular complexity index is 1210. The number of amides is 1. The molecule has 1 atom stereocenters. The largest absolute Gasteiger partial charge is 0.507 e. The van der Waals surface area contributed by atoms with Crippen LogP contribution in [0.3, 0.4) is 0 Å². The first kappa shape index (κ1) is 22.9. The van der Waals surface area contributed by atoms with Gasteiger partial charge in [0.05, 0.1) is 32.4 Å². The number of hydrogen-bond acceptors (Lipinski definition) is 6. The van der Waals surface area contributed by atoms with E-state index in [0.29, 0.717) is 40.7 Å². The number of ketones is 1. The molecule has 1 amide bonds. The minimum Gasteiger partial charge on any atom is -0.507 e. The molecule has 174 valence electrons. The van der Waals surface area contributed by atoms with Crippen LogP contribution in [-0.4, -0.2) is 37.6 Å². The SMILES string of the molecule is CCOc1ccc(/C(O)=C2/C(=O)C(=O)N(c3ccc(OC)cc3)C2c2ccc(OC)cc2)cc1. The Morgan fingerprint density at radius 3 is 1.88 bits per heavy atom. The number of anilines is 1. The van der Waals surface area contributed by atoms with Gasteiger partial charge in [0.2, 0.25) is 0 Å². The maximum absolute atomic E-state index is 13.2. The lowest BCUT2D eigenvalue weighted by Gasteiger charge is -2.25. The second-order valence-electron chi connectivity index (χ2n) is 7.60. The standard InChI is InChI=1S/C27H25NO6/c1-4-34-22-13-7-18(8-14-22)25(29)23-24(17-5-11-20(32-2)12-6-17)28(27(31)26(23)30)19-9-15-21(33-3)16-10-19/h5-16,24,29H,4H2,1-3H3/b25-23-. The topological polar surface area (TPSA) is 85.3 Å². The number of Topliss-reactive ketones (excluding diaryl/α,β-unsaturated/α-hetero) is 1. The van der Waals surface area contributed by atoms with Crippen LogP contribution in [-0.2, 0) is 9.59 Å². The summed E-state index contributed by atoms with van der Waals surface area (Å²) in [6, 6.07) is 19.8. The third kappa shape index (κ3) is 4.20. The zero-order valence-corrected chi connectivity index (χ0v) is 19.1. The highest BCUT2D eigenvalue weighted by atomic mass is 16.5. The second-order valence-corrected chi connectivity index (χ2v) is 7.60. The number of methoxy groups -OCH3 is 2. The van der Waals surface area contributed by atoms with Crippen LogP contribution in [0, 0.1) is 0 Å². The first-order chi connectivity index (χ1) is 16.5. The van der Waals surface area contributed by atoms with Crippen molar-refractivity contribution in [1.82, 2.24) is 0 Å². The van der Waals surface area contributed by atoms with E-state index in [1.165, 1.54) is 4.90 Å². The summed E-state index contributed by atoms with van der Waals surface area (Å²) in [5, 5.41) is 11.2. The van der Waals surface area contributed by atoms with Gasteiger partial charge in [-0.05, 0) is 73.2 Å². The molecule has 1 fully saturated rings. The van der Waals surface area contributed by atoms with Crippen LogP contribution in [0.25, 0.3) is 5.76 Å². The quantitative estimate of drug-likeness (QED) is 0.312. The van der Waals surface area contributed by atoms with Gasteiger partial charge < -0.3 is 19.3 Å². The lowest BCUT2D eigenvalue weighted by atomic mass is 9.95.